The van der Waals surface area contributed by atoms with Gasteiger partial charge < -0.3 is 15.0 Å². The molecule has 2 atom stereocenters. The molecule has 2 aromatic rings. The summed E-state index contributed by atoms with van der Waals surface area (Å²) in [5.74, 6) is 0.785. The van der Waals surface area contributed by atoms with Crippen LogP contribution in [0.3, 0.4) is 0 Å². The summed E-state index contributed by atoms with van der Waals surface area (Å²) >= 11 is 6.21. The van der Waals surface area contributed by atoms with Gasteiger partial charge in [-0.15, -0.1) is 0 Å². The minimum Gasteiger partial charge on any atom is -0.487 e. The zero-order valence-electron chi connectivity index (χ0n) is 17.6. The molecule has 1 fully saturated rings. The summed E-state index contributed by atoms with van der Waals surface area (Å²) in [6.07, 6.45) is 2.46. The largest absolute Gasteiger partial charge is 0.487 e. The molecule has 1 aromatic carbocycles. The van der Waals surface area contributed by atoms with E-state index in [0.717, 1.165) is 23.4 Å². The maximum atomic E-state index is 12.9. The fourth-order valence-electron chi connectivity index (χ4n) is 4.40. The lowest BCUT2D eigenvalue weighted by Crippen LogP contribution is -2.46. The fourth-order valence-corrected chi connectivity index (χ4v) is 4.54. The van der Waals surface area contributed by atoms with E-state index in [0.29, 0.717) is 36.5 Å². The van der Waals surface area contributed by atoms with Gasteiger partial charge in [-0.3, -0.25) is 14.3 Å². The van der Waals surface area contributed by atoms with Crippen molar-refractivity contribution in [3.8, 4) is 5.75 Å². The van der Waals surface area contributed by atoms with E-state index in [-0.39, 0.29) is 24.4 Å². The highest BCUT2D eigenvalue weighted by atomic mass is 35.5. The first kappa shape index (κ1) is 20.7. The SMILES string of the molecule is Cc1nn(CC(=O)NC2CC3(CCC(=O)N(C)CC3)Oc3ccccc32)c(C)c1Cl. The second-order valence-electron chi connectivity index (χ2n) is 8.35. The summed E-state index contributed by atoms with van der Waals surface area (Å²) in [4.78, 5) is 26.8. The van der Waals surface area contributed by atoms with Gasteiger partial charge in [0.2, 0.25) is 11.8 Å². The van der Waals surface area contributed by atoms with Gasteiger partial charge in [-0.05, 0) is 26.3 Å². The Kier molecular flexibility index (Phi) is 5.49. The summed E-state index contributed by atoms with van der Waals surface area (Å²) in [5, 5.41) is 8.12. The van der Waals surface area contributed by atoms with E-state index in [4.69, 9.17) is 16.3 Å². The van der Waals surface area contributed by atoms with Crippen LogP contribution < -0.4 is 10.1 Å². The van der Waals surface area contributed by atoms with Crippen LogP contribution in [0.1, 0.15) is 48.7 Å². The summed E-state index contributed by atoms with van der Waals surface area (Å²) in [5.41, 5.74) is 1.99. The van der Waals surface area contributed by atoms with Gasteiger partial charge in [-0.2, -0.15) is 5.10 Å². The van der Waals surface area contributed by atoms with Crippen LogP contribution >= 0.6 is 11.6 Å². The number of ether oxygens (including phenoxy) is 1. The van der Waals surface area contributed by atoms with Crippen molar-refractivity contribution in [1.29, 1.82) is 0 Å². The molecule has 2 unspecified atom stereocenters. The quantitative estimate of drug-likeness (QED) is 0.811. The summed E-state index contributed by atoms with van der Waals surface area (Å²) in [6, 6.07) is 7.62. The minimum absolute atomic E-state index is 0.104. The first-order valence-corrected chi connectivity index (χ1v) is 10.7. The van der Waals surface area contributed by atoms with Crippen molar-refractivity contribution in [1.82, 2.24) is 20.0 Å². The number of aromatic nitrogens is 2. The first-order valence-electron chi connectivity index (χ1n) is 10.3. The maximum absolute atomic E-state index is 12.9. The molecule has 2 aliphatic rings. The molecule has 1 N–H and O–H groups in total. The van der Waals surface area contributed by atoms with E-state index in [2.05, 4.69) is 10.4 Å². The Hall–Kier alpha value is -2.54. The van der Waals surface area contributed by atoms with Crippen LogP contribution in [0.25, 0.3) is 0 Å². The van der Waals surface area contributed by atoms with Crippen LogP contribution in [0.15, 0.2) is 24.3 Å². The number of nitrogens with zero attached hydrogens (tertiary/aromatic N) is 3. The van der Waals surface area contributed by atoms with Crippen LogP contribution in [0.5, 0.6) is 5.75 Å². The number of hydrogen-bond acceptors (Lipinski definition) is 4. The molecule has 8 heteroatoms. The number of carbonyl (C=O) groups excluding carboxylic acids is 2. The van der Waals surface area contributed by atoms with Crippen LogP contribution in [0.4, 0.5) is 0 Å². The van der Waals surface area contributed by atoms with Crippen molar-refractivity contribution in [2.24, 2.45) is 0 Å². The van der Waals surface area contributed by atoms with Crippen LogP contribution in [0.2, 0.25) is 5.02 Å². The summed E-state index contributed by atoms with van der Waals surface area (Å²) < 4.78 is 8.07. The Morgan fingerprint density at radius 3 is 2.83 bits per heavy atom. The molecule has 4 rings (SSSR count). The van der Waals surface area contributed by atoms with Gasteiger partial charge in [0.25, 0.3) is 0 Å². The third-order valence-electron chi connectivity index (χ3n) is 6.24. The third-order valence-corrected chi connectivity index (χ3v) is 6.79. The summed E-state index contributed by atoms with van der Waals surface area (Å²) in [7, 11) is 1.83. The second kappa shape index (κ2) is 7.95. The molecule has 0 radical (unpaired) electrons. The summed E-state index contributed by atoms with van der Waals surface area (Å²) in [6.45, 7) is 4.43. The number of benzene rings is 1. The first-order chi connectivity index (χ1) is 14.3. The number of nitrogens with one attached hydrogen (secondary N) is 1. The predicted octanol–water partition coefficient (Wildman–Crippen LogP) is 3.17. The minimum atomic E-state index is -0.464. The molecule has 0 aliphatic carbocycles. The number of likely N-dealkylation sites (tertiary alicyclic amines) is 1. The van der Waals surface area contributed by atoms with Crippen molar-refractivity contribution in [3.05, 3.63) is 46.2 Å². The van der Waals surface area contributed by atoms with Crippen molar-refractivity contribution in [3.63, 3.8) is 0 Å². The van der Waals surface area contributed by atoms with Crippen LogP contribution in [-0.2, 0) is 16.1 Å². The predicted molar refractivity (Wildman–Crippen MR) is 114 cm³/mol. The maximum Gasteiger partial charge on any atom is 0.242 e. The number of halogens is 1. The Morgan fingerprint density at radius 1 is 1.33 bits per heavy atom. The number of hydrogen-bond donors (Lipinski definition) is 1. The van der Waals surface area contributed by atoms with Crippen LogP contribution in [0, 0.1) is 13.8 Å². The Labute approximate surface area is 181 Å². The van der Waals surface area contributed by atoms with Gasteiger partial charge in [0.1, 0.15) is 17.9 Å². The molecule has 30 heavy (non-hydrogen) atoms. The van der Waals surface area contributed by atoms with Crippen molar-refractivity contribution < 1.29 is 14.3 Å². The second-order valence-corrected chi connectivity index (χ2v) is 8.73. The van der Waals surface area contributed by atoms with E-state index in [1.807, 2.05) is 45.2 Å². The molecule has 7 nitrogen and oxygen atoms in total. The molecular formula is C22H27ClN4O3. The van der Waals surface area contributed by atoms with E-state index in [1.54, 1.807) is 9.58 Å². The molecular weight excluding hydrogens is 404 g/mol. The van der Waals surface area contributed by atoms with E-state index in [1.165, 1.54) is 0 Å². The number of amides is 2. The number of fused-ring (bicyclic) bond motifs is 1. The van der Waals surface area contributed by atoms with Crippen molar-refractivity contribution >= 4 is 23.4 Å². The van der Waals surface area contributed by atoms with E-state index >= 15 is 0 Å². The average molecular weight is 431 g/mol. The van der Waals surface area contributed by atoms with Crippen LogP contribution in [-0.4, -0.2) is 45.7 Å². The topological polar surface area (TPSA) is 76.5 Å². The van der Waals surface area contributed by atoms with Crippen molar-refractivity contribution in [2.45, 2.75) is 57.7 Å². The van der Waals surface area contributed by atoms with Crippen molar-refractivity contribution in [2.75, 3.05) is 13.6 Å². The molecule has 0 saturated carbocycles. The number of carbonyl (C=O) groups is 2. The van der Waals surface area contributed by atoms with E-state index in [9.17, 15) is 9.59 Å². The molecule has 1 aromatic heterocycles. The van der Waals surface area contributed by atoms with Gasteiger partial charge in [-0.1, -0.05) is 29.8 Å². The smallest absolute Gasteiger partial charge is 0.242 e. The molecule has 0 bridgehead atoms. The Bertz CT molecular complexity index is 989. The van der Waals surface area contributed by atoms with Gasteiger partial charge in [0.05, 0.1) is 22.5 Å². The molecule has 160 valence electrons. The normalized spacial score (nSPS) is 23.7. The van der Waals surface area contributed by atoms with E-state index < -0.39 is 5.60 Å². The van der Waals surface area contributed by atoms with Gasteiger partial charge >= 0.3 is 0 Å². The Balaban J connectivity index is 1.56. The molecule has 3 heterocycles. The molecule has 2 amide bonds. The lowest BCUT2D eigenvalue weighted by Gasteiger charge is -2.42. The highest BCUT2D eigenvalue weighted by molar-refractivity contribution is 6.31. The third kappa shape index (κ3) is 3.90. The molecule has 2 aliphatic heterocycles. The number of para-hydroxylation sites is 1. The standard InChI is InChI=1S/C22H27ClN4O3/c1-14-21(23)15(2)27(25-14)13-19(28)24-17-12-22(9-8-20(29)26(3)11-10-22)30-18-7-5-4-6-16(17)18/h4-7,17H,8-13H2,1-3H3,(H,24,28). The Morgan fingerprint density at radius 2 is 2.10 bits per heavy atom. The highest BCUT2D eigenvalue weighted by Gasteiger charge is 2.43. The van der Waals surface area contributed by atoms with Gasteiger partial charge in [0.15, 0.2) is 0 Å². The van der Waals surface area contributed by atoms with Gasteiger partial charge in [-0.25, -0.2) is 0 Å². The average Bonchev–Trinajstić information content (AvgIpc) is 2.87. The zero-order valence-corrected chi connectivity index (χ0v) is 18.3. The zero-order chi connectivity index (χ0) is 21.5. The fraction of sp³-hybridized carbons (Fsp3) is 0.500. The lowest BCUT2D eigenvalue weighted by molar-refractivity contribution is -0.129. The van der Waals surface area contributed by atoms with Gasteiger partial charge in [0, 0.05) is 38.4 Å². The molecule has 1 saturated heterocycles. The monoisotopic (exact) mass is 430 g/mol. The lowest BCUT2D eigenvalue weighted by atomic mass is 9.82. The number of aryl methyl sites for hydroxylation is 1. The highest BCUT2D eigenvalue weighted by Crippen LogP contribution is 2.44. The number of rotatable bonds is 3. The molecule has 1 spiro atoms.